The van der Waals surface area contributed by atoms with Gasteiger partial charge in [0.25, 0.3) is 0 Å². The number of nitrogens with zero attached hydrogens (tertiary/aromatic N) is 1. The van der Waals surface area contributed by atoms with Crippen LogP contribution in [0.25, 0.3) is 10.9 Å². The third-order valence-electron chi connectivity index (χ3n) is 4.82. The summed E-state index contributed by atoms with van der Waals surface area (Å²) in [6.07, 6.45) is 1.04. The zero-order chi connectivity index (χ0) is 20.8. The van der Waals surface area contributed by atoms with E-state index in [1.54, 1.807) is 22.8 Å². The molecule has 3 aromatic rings. The number of aromatic nitrogens is 1. The number of carboxylic acids is 1. The van der Waals surface area contributed by atoms with Crippen molar-refractivity contribution in [3.05, 3.63) is 71.2 Å². The average molecular weight is 398 g/mol. The number of hydrogen-bond acceptors (Lipinski definition) is 3. The van der Waals surface area contributed by atoms with Gasteiger partial charge in [-0.05, 0) is 38.9 Å². The second-order valence-corrected chi connectivity index (χ2v) is 7.28. The lowest BCUT2D eigenvalue weighted by Gasteiger charge is -2.11. The highest BCUT2D eigenvalue weighted by atomic mass is 19.1. The van der Waals surface area contributed by atoms with Crippen molar-refractivity contribution in [1.29, 1.82) is 0 Å². The van der Waals surface area contributed by atoms with Crippen LogP contribution < -0.4 is 5.32 Å². The summed E-state index contributed by atoms with van der Waals surface area (Å²) in [6, 6.07) is 14.0. The van der Waals surface area contributed by atoms with Crippen molar-refractivity contribution in [3.63, 3.8) is 0 Å². The molecular weight excluding hydrogens is 371 g/mol. The minimum Gasteiger partial charge on any atom is -0.477 e. The molecule has 0 amide bonds. The van der Waals surface area contributed by atoms with E-state index in [1.807, 2.05) is 38.1 Å². The van der Waals surface area contributed by atoms with E-state index >= 15 is 0 Å². The van der Waals surface area contributed by atoms with Crippen molar-refractivity contribution in [2.24, 2.45) is 0 Å². The maximum Gasteiger partial charge on any atom is 0.352 e. The summed E-state index contributed by atoms with van der Waals surface area (Å²) < 4.78 is 21.4. The fourth-order valence-electron chi connectivity index (χ4n) is 3.49. The van der Waals surface area contributed by atoms with Crippen LogP contribution in [0, 0.1) is 5.82 Å². The van der Waals surface area contributed by atoms with Crippen LogP contribution in [-0.4, -0.2) is 34.9 Å². The Morgan fingerprint density at radius 3 is 2.62 bits per heavy atom. The number of benzene rings is 2. The molecule has 0 bridgehead atoms. The number of rotatable bonds is 10. The molecule has 6 heteroatoms. The highest BCUT2D eigenvalue weighted by Gasteiger charge is 2.22. The van der Waals surface area contributed by atoms with Gasteiger partial charge in [-0.3, -0.25) is 0 Å². The molecule has 1 heterocycles. The van der Waals surface area contributed by atoms with Gasteiger partial charge in [0, 0.05) is 35.2 Å². The van der Waals surface area contributed by atoms with Gasteiger partial charge in [0.15, 0.2) is 0 Å². The number of carboxylic acid groups (broad SMARTS) is 1. The molecule has 2 N–H and O–H groups in total. The first-order valence-electron chi connectivity index (χ1n) is 9.88. The lowest BCUT2D eigenvalue weighted by molar-refractivity contribution is 0.0683. The molecule has 1 aromatic heterocycles. The van der Waals surface area contributed by atoms with Crippen LogP contribution in [-0.2, 0) is 17.8 Å². The standard InChI is InChI=1S/C23H27FN2O3/c1-16(2)29-13-7-12-25-14-19-18-9-4-6-11-21(18)26(22(19)23(27)28)15-17-8-3-5-10-20(17)24/h3-6,8-11,16,25H,7,12-15H2,1-2H3,(H,27,28). The molecule has 0 atom stereocenters. The van der Waals surface area contributed by atoms with E-state index < -0.39 is 5.97 Å². The minimum atomic E-state index is -1.02. The van der Waals surface area contributed by atoms with Crippen LogP contribution in [0.2, 0.25) is 0 Å². The second-order valence-electron chi connectivity index (χ2n) is 7.28. The summed E-state index contributed by atoms with van der Waals surface area (Å²) in [5, 5.41) is 14.1. The fourth-order valence-corrected chi connectivity index (χ4v) is 3.49. The Morgan fingerprint density at radius 1 is 1.17 bits per heavy atom. The third kappa shape index (κ3) is 5.02. The Morgan fingerprint density at radius 2 is 1.90 bits per heavy atom. The summed E-state index contributed by atoms with van der Waals surface area (Å²) in [6.45, 7) is 5.96. The van der Waals surface area contributed by atoms with E-state index in [0.29, 0.717) is 24.3 Å². The molecule has 0 aliphatic heterocycles. The van der Waals surface area contributed by atoms with E-state index in [4.69, 9.17) is 4.74 Å². The van der Waals surface area contributed by atoms with Crippen molar-refractivity contribution in [3.8, 4) is 0 Å². The molecule has 2 aromatic carbocycles. The van der Waals surface area contributed by atoms with E-state index in [0.717, 1.165) is 23.9 Å². The predicted octanol–water partition coefficient (Wildman–Crippen LogP) is 4.43. The molecule has 0 aliphatic rings. The van der Waals surface area contributed by atoms with Gasteiger partial charge >= 0.3 is 5.97 Å². The van der Waals surface area contributed by atoms with Crippen molar-refractivity contribution < 1.29 is 19.0 Å². The van der Waals surface area contributed by atoms with Crippen LogP contribution in [0.1, 0.15) is 41.9 Å². The summed E-state index contributed by atoms with van der Waals surface area (Å²) in [5.41, 5.74) is 2.16. The Hall–Kier alpha value is -2.70. The first-order valence-corrected chi connectivity index (χ1v) is 9.88. The molecule has 3 rings (SSSR count). The topological polar surface area (TPSA) is 63.5 Å². The number of hydrogen-bond donors (Lipinski definition) is 2. The molecule has 0 unspecified atom stereocenters. The Bertz CT molecular complexity index is 981. The largest absolute Gasteiger partial charge is 0.477 e. The predicted molar refractivity (Wildman–Crippen MR) is 112 cm³/mol. The van der Waals surface area contributed by atoms with Gasteiger partial charge in [0.1, 0.15) is 11.5 Å². The maximum absolute atomic E-state index is 14.2. The van der Waals surface area contributed by atoms with Crippen molar-refractivity contribution in [2.75, 3.05) is 13.2 Å². The minimum absolute atomic E-state index is 0.164. The number of halogens is 1. The zero-order valence-electron chi connectivity index (χ0n) is 16.8. The van der Waals surface area contributed by atoms with Crippen LogP contribution in [0.3, 0.4) is 0 Å². The van der Waals surface area contributed by atoms with Gasteiger partial charge in [-0.1, -0.05) is 36.4 Å². The summed E-state index contributed by atoms with van der Waals surface area (Å²) >= 11 is 0. The molecule has 0 fully saturated rings. The molecule has 0 saturated heterocycles. The first kappa shape index (κ1) is 21.0. The van der Waals surface area contributed by atoms with Crippen LogP contribution in [0.4, 0.5) is 4.39 Å². The van der Waals surface area contributed by atoms with Crippen LogP contribution in [0.15, 0.2) is 48.5 Å². The highest BCUT2D eigenvalue weighted by molar-refractivity contribution is 5.98. The number of para-hydroxylation sites is 1. The lowest BCUT2D eigenvalue weighted by Crippen LogP contribution is -2.20. The number of ether oxygens (including phenoxy) is 1. The smallest absolute Gasteiger partial charge is 0.352 e. The van der Waals surface area contributed by atoms with Crippen LogP contribution >= 0.6 is 0 Å². The quantitative estimate of drug-likeness (QED) is 0.496. The Balaban J connectivity index is 1.88. The molecule has 0 radical (unpaired) electrons. The van der Waals surface area contributed by atoms with E-state index in [1.165, 1.54) is 6.07 Å². The van der Waals surface area contributed by atoms with Gasteiger partial charge in [0.05, 0.1) is 12.6 Å². The first-order chi connectivity index (χ1) is 14.0. The monoisotopic (exact) mass is 398 g/mol. The zero-order valence-corrected chi connectivity index (χ0v) is 16.8. The summed E-state index contributed by atoms with van der Waals surface area (Å²) in [4.78, 5) is 12.1. The van der Waals surface area contributed by atoms with E-state index in [9.17, 15) is 14.3 Å². The lowest BCUT2D eigenvalue weighted by atomic mass is 10.1. The molecule has 29 heavy (non-hydrogen) atoms. The van der Waals surface area contributed by atoms with E-state index in [2.05, 4.69) is 5.32 Å². The average Bonchev–Trinajstić information content (AvgIpc) is 3.00. The van der Waals surface area contributed by atoms with Gasteiger partial charge < -0.3 is 19.7 Å². The molecule has 5 nitrogen and oxygen atoms in total. The second kappa shape index (κ2) is 9.67. The number of fused-ring (bicyclic) bond motifs is 1. The number of nitrogens with one attached hydrogen (secondary N) is 1. The number of carbonyl (C=O) groups is 1. The van der Waals surface area contributed by atoms with Gasteiger partial charge in [-0.25, -0.2) is 9.18 Å². The Kier molecular flexibility index (Phi) is 7.01. The molecule has 0 saturated carbocycles. The van der Waals surface area contributed by atoms with Gasteiger partial charge in [-0.15, -0.1) is 0 Å². The molecule has 154 valence electrons. The molecule has 0 aliphatic carbocycles. The van der Waals surface area contributed by atoms with Crippen molar-refractivity contribution in [2.45, 2.75) is 39.5 Å². The number of aromatic carboxylic acids is 1. The maximum atomic E-state index is 14.2. The molecule has 0 spiro atoms. The van der Waals surface area contributed by atoms with Crippen LogP contribution in [0.5, 0.6) is 0 Å². The summed E-state index contributed by atoms with van der Waals surface area (Å²) in [7, 11) is 0. The SMILES string of the molecule is CC(C)OCCCNCc1c(C(=O)O)n(Cc2ccccc2F)c2ccccc12. The fraction of sp³-hybridized carbons (Fsp3) is 0.348. The summed E-state index contributed by atoms with van der Waals surface area (Å²) in [5.74, 6) is -1.36. The van der Waals surface area contributed by atoms with Gasteiger partial charge in [-0.2, -0.15) is 0 Å². The third-order valence-corrected chi connectivity index (χ3v) is 4.82. The Labute approximate surface area is 170 Å². The highest BCUT2D eigenvalue weighted by Crippen LogP contribution is 2.28. The molecular formula is C23H27FN2O3. The van der Waals surface area contributed by atoms with Crippen molar-refractivity contribution in [1.82, 2.24) is 9.88 Å². The normalized spacial score (nSPS) is 11.4. The van der Waals surface area contributed by atoms with Crippen molar-refractivity contribution >= 4 is 16.9 Å². The van der Waals surface area contributed by atoms with E-state index in [-0.39, 0.29) is 24.2 Å². The van der Waals surface area contributed by atoms with Gasteiger partial charge in [0.2, 0.25) is 0 Å².